The van der Waals surface area contributed by atoms with E-state index in [0.717, 1.165) is 12.8 Å². The van der Waals surface area contributed by atoms with Crippen LogP contribution in [0.4, 0.5) is 10.5 Å². The number of aromatic hydroxyl groups is 1. The normalized spacial score (nSPS) is 11.1. The summed E-state index contributed by atoms with van der Waals surface area (Å²) < 4.78 is 23.5. The van der Waals surface area contributed by atoms with Crippen LogP contribution < -0.4 is 10.6 Å². The molecule has 0 aliphatic rings. The molecular weight excluding hydrogens is 280 g/mol. The van der Waals surface area contributed by atoms with Crippen molar-refractivity contribution in [3.05, 3.63) is 18.2 Å². The van der Waals surface area contributed by atoms with Gasteiger partial charge in [-0.2, -0.15) is 0 Å². The van der Waals surface area contributed by atoms with Crippen molar-refractivity contribution in [2.24, 2.45) is 0 Å². The lowest BCUT2D eigenvalue weighted by Gasteiger charge is -2.10. The molecule has 1 rings (SSSR count). The Balaban J connectivity index is 2.85. The van der Waals surface area contributed by atoms with Crippen molar-refractivity contribution >= 4 is 21.6 Å². The smallest absolute Gasteiger partial charge is 0.319 e. The molecule has 1 aromatic rings. The number of hydrogen-bond donors (Lipinski definition) is 3. The molecule has 2 amide bonds. The van der Waals surface area contributed by atoms with Crippen LogP contribution >= 0.6 is 0 Å². The van der Waals surface area contributed by atoms with Gasteiger partial charge in [-0.25, -0.2) is 13.2 Å². The summed E-state index contributed by atoms with van der Waals surface area (Å²) in [6, 6.07) is 3.35. The van der Waals surface area contributed by atoms with Gasteiger partial charge in [0, 0.05) is 6.54 Å². The molecule has 6 nitrogen and oxygen atoms in total. The van der Waals surface area contributed by atoms with E-state index in [4.69, 9.17) is 0 Å². The molecule has 0 saturated heterocycles. The Hall–Kier alpha value is -1.76. The average molecular weight is 300 g/mol. The fraction of sp³-hybridized carbons (Fsp3) is 0.462. The van der Waals surface area contributed by atoms with Crippen molar-refractivity contribution in [1.82, 2.24) is 5.32 Å². The van der Waals surface area contributed by atoms with Gasteiger partial charge in [0.15, 0.2) is 9.84 Å². The summed E-state index contributed by atoms with van der Waals surface area (Å²) >= 11 is 0. The minimum Gasteiger partial charge on any atom is -0.506 e. The van der Waals surface area contributed by atoms with Crippen molar-refractivity contribution in [2.75, 3.05) is 17.6 Å². The highest BCUT2D eigenvalue weighted by Crippen LogP contribution is 2.26. The van der Waals surface area contributed by atoms with Gasteiger partial charge in [-0.15, -0.1) is 0 Å². The van der Waals surface area contributed by atoms with Gasteiger partial charge in [0.2, 0.25) is 0 Å². The highest BCUT2D eigenvalue weighted by molar-refractivity contribution is 7.91. The summed E-state index contributed by atoms with van der Waals surface area (Å²) in [5, 5.41) is 14.7. The molecule has 3 N–H and O–H groups in total. The molecule has 0 fully saturated rings. The van der Waals surface area contributed by atoms with E-state index >= 15 is 0 Å². The van der Waals surface area contributed by atoms with Crippen LogP contribution in [0.2, 0.25) is 0 Å². The van der Waals surface area contributed by atoms with Crippen molar-refractivity contribution < 1.29 is 18.3 Å². The number of unbranched alkanes of at least 4 members (excludes halogenated alkanes) is 1. The van der Waals surface area contributed by atoms with Crippen molar-refractivity contribution in [2.45, 2.75) is 31.6 Å². The van der Waals surface area contributed by atoms with Crippen LogP contribution in [-0.2, 0) is 9.84 Å². The number of sulfone groups is 1. The van der Waals surface area contributed by atoms with E-state index in [1.807, 2.05) is 6.92 Å². The van der Waals surface area contributed by atoms with Crippen LogP contribution in [0.15, 0.2) is 23.1 Å². The third kappa shape index (κ3) is 4.41. The zero-order chi connectivity index (χ0) is 15.2. The first-order valence-corrected chi connectivity index (χ1v) is 8.16. The average Bonchev–Trinajstić information content (AvgIpc) is 2.41. The fourth-order valence-corrected chi connectivity index (χ4v) is 2.43. The molecule has 1 aromatic carbocycles. The van der Waals surface area contributed by atoms with E-state index in [-0.39, 0.29) is 22.1 Å². The minimum absolute atomic E-state index is 0.0418. The Kier molecular flexibility index (Phi) is 5.82. The molecule has 0 aliphatic heterocycles. The quantitative estimate of drug-likeness (QED) is 0.554. The summed E-state index contributed by atoms with van der Waals surface area (Å²) in [6.07, 6.45) is 1.80. The molecule has 0 bridgehead atoms. The maximum atomic E-state index is 11.8. The van der Waals surface area contributed by atoms with E-state index in [9.17, 15) is 18.3 Å². The zero-order valence-electron chi connectivity index (χ0n) is 11.6. The second-order valence-electron chi connectivity index (χ2n) is 4.32. The van der Waals surface area contributed by atoms with Gasteiger partial charge in [-0.1, -0.05) is 20.3 Å². The van der Waals surface area contributed by atoms with E-state index in [2.05, 4.69) is 10.6 Å². The van der Waals surface area contributed by atoms with E-state index in [1.165, 1.54) is 25.1 Å². The standard InChI is InChI=1S/C13H20N2O4S/c1-3-5-8-14-13(17)15-11-9-10(6-7-12(11)16)20(18,19)4-2/h6-7,9,16H,3-5,8H2,1-2H3,(H2,14,15,17). The summed E-state index contributed by atoms with van der Waals surface area (Å²) in [6.45, 7) is 4.06. The molecule has 0 aromatic heterocycles. The molecule has 0 saturated carbocycles. The van der Waals surface area contributed by atoms with Gasteiger partial charge < -0.3 is 15.7 Å². The number of anilines is 1. The molecule has 0 radical (unpaired) electrons. The number of rotatable bonds is 6. The van der Waals surface area contributed by atoms with Gasteiger partial charge in [-0.05, 0) is 24.6 Å². The third-order valence-corrected chi connectivity index (χ3v) is 4.50. The summed E-state index contributed by atoms with van der Waals surface area (Å²) in [5.74, 6) is -0.217. The molecule has 20 heavy (non-hydrogen) atoms. The van der Waals surface area contributed by atoms with E-state index in [1.54, 1.807) is 0 Å². The second kappa shape index (κ2) is 7.14. The number of phenolic OH excluding ortho intramolecular Hbond substituents is 1. The van der Waals surface area contributed by atoms with E-state index in [0.29, 0.717) is 6.54 Å². The SMILES string of the molecule is CCCCNC(=O)Nc1cc(S(=O)(=O)CC)ccc1O. The summed E-state index contributed by atoms with van der Waals surface area (Å²) in [7, 11) is -3.38. The third-order valence-electron chi connectivity index (χ3n) is 2.77. The number of carbonyl (C=O) groups is 1. The Bertz CT molecular complexity index is 570. The van der Waals surface area contributed by atoms with Crippen LogP contribution in [-0.4, -0.2) is 31.9 Å². The minimum atomic E-state index is -3.38. The molecular formula is C13H20N2O4S. The van der Waals surface area contributed by atoms with Crippen LogP contribution in [0.25, 0.3) is 0 Å². The monoisotopic (exact) mass is 300 g/mol. The molecule has 0 heterocycles. The number of phenols is 1. The van der Waals surface area contributed by atoms with Gasteiger partial charge in [0.25, 0.3) is 0 Å². The Morgan fingerprint density at radius 1 is 1.30 bits per heavy atom. The Morgan fingerprint density at radius 2 is 2.00 bits per heavy atom. The number of carbonyl (C=O) groups excluding carboxylic acids is 1. The second-order valence-corrected chi connectivity index (χ2v) is 6.60. The number of nitrogens with one attached hydrogen (secondary N) is 2. The van der Waals surface area contributed by atoms with Crippen molar-refractivity contribution in [1.29, 1.82) is 0 Å². The lowest BCUT2D eigenvalue weighted by molar-refractivity contribution is 0.252. The molecule has 0 aliphatic carbocycles. The first-order chi connectivity index (χ1) is 9.40. The molecule has 7 heteroatoms. The largest absolute Gasteiger partial charge is 0.506 e. The van der Waals surface area contributed by atoms with E-state index < -0.39 is 15.9 Å². The number of amides is 2. The number of hydrogen-bond acceptors (Lipinski definition) is 4. The predicted molar refractivity (Wildman–Crippen MR) is 77.8 cm³/mol. The van der Waals surface area contributed by atoms with Gasteiger partial charge in [0.05, 0.1) is 16.3 Å². The number of urea groups is 1. The summed E-state index contributed by atoms with van der Waals surface area (Å²) in [5.41, 5.74) is 0.0773. The lowest BCUT2D eigenvalue weighted by Crippen LogP contribution is -2.29. The fourth-order valence-electron chi connectivity index (χ4n) is 1.52. The van der Waals surface area contributed by atoms with Crippen molar-refractivity contribution in [3.8, 4) is 5.75 Å². The highest BCUT2D eigenvalue weighted by Gasteiger charge is 2.15. The molecule has 0 spiro atoms. The van der Waals surface area contributed by atoms with Crippen LogP contribution in [0, 0.1) is 0 Å². The Labute approximate surface area is 119 Å². The first-order valence-electron chi connectivity index (χ1n) is 6.51. The van der Waals surface area contributed by atoms with Crippen molar-refractivity contribution in [3.63, 3.8) is 0 Å². The first kappa shape index (κ1) is 16.3. The van der Waals surface area contributed by atoms with Gasteiger partial charge in [0.1, 0.15) is 5.75 Å². The summed E-state index contributed by atoms with van der Waals surface area (Å²) in [4.78, 5) is 11.7. The maximum absolute atomic E-state index is 11.8. The molecule has 0 unspecified atom stereocenters. The van der Waals surface area contributed by atoms with Crippen LogP contribution in [0.5, 0.6) is 5.75 Å². The van der Waals surface area contributed by atoms with Gasteiger partial charge >= 0.3 is 6.03 Å². The van der Waals surface area contributed by atoms with Crippen LogP contribution in [0.3, 0.4) is 0 Å². The zero-order valence-corrected chi connectivity index (χ0v) is 12.5. The highest BCUT2D eigenvalue weighted by atomic mass is 32.2. The molecule has 112 valence electrons. The van der Waals surface area contributed by atoms with Crippen LogP contribution in [0.1, 0.15) is 26.7 Å². The number of benzene rings is 1. The lowest BCUT2D eigenvalue weighted by atomic mass is 10.3. The maximum Gasteiger partial charge on any atom is 0.319 e. The molecule has 0 atom stereocenters. The predicted octanol–water partition coefficient (Wildman–Crippen LogP) is 2.11. The Morgan fingerprint density at radius 3 is 2.60 bits per heavy atom. The topological polar surface area (TPSA) is 95.5 Å². The van der Waals surface area contributed by atoms with Gasteiger partial charge in [-0.3, -0.25) is 0 Å².